The molecular formula is C11H13NO4. The van der Waals surface area contributed by atoms with E-state index >= 15 is 0 Å². The summed E-state index contributed by atoms with van der Waals surface area (Å²) < 4.78 is 5.20. The van der Waals surface area contributed by atoms with Gasteiger partial charge >= 0.3 is 5.97 Å². The number of carboxylic acids is 1. The highest BCUT2D eigenvalue weighted by atomic mass is 16.5. The van der Waals surface area contributed by atoms with E-state index in [1.54, 1.807) is 24.3 Å². The maximum absolute atomic E-state index is 10.6. The predicted octanol–water partition coefficient (Wildman–Crippen LogP) is 0.786. The van der Waals surface area contributed by atoms with Crippen LogP contribution in [0.4, 0.5) is 0 Å². The van der Waals surface area contributed by atoms with Crippen LogP contribution in [0.1, 0.15) is 12.5 Å². The first-order valence-corrected chi connectivity index (χ1v) is 4.76. The molecule has 0 saturated heterocycles. The SMILES string of the molecule is CC(=O)NCOc1ccc(CC(=O)O)cc1. The van der Waals surface area contributed by atoms with E-state index < -0.39 is 5.97 Å². The summed E-state index contributed by atoms with van der Waals surface area (Å²) in [6.07, 6.45) is -0.00796. The Balaban J connectivity index is 2.45. The second kappa shape index (κ2) is 5.75. The zero-order valence-corrected chi connectivity index (χ0v) is 8.90. The van der Waals surface area contributed by atoms with Crippen molar-refractivity contribution < 1.29 is 19.4 Å². The summed E-state index contributed by atoms with van der Waals surface area (Å²) in [6, 6.07) is 6.69. The lowest BCUT2D eigenvalue weighted by Crippen LogP contribution is -2.24. The fourth-order valence-electron chi connectivity index (χ4n) is 1.10. The molecule has 5 nitrogen and oxygen atoms in total. The van der Waals surface area contributed by atoms with Crippen LogP contribution in [0.25, 0.3) is 0 Å². The van der Waals surface area contributed by atoms with Crippen LogP contribution < -0.4 is 10.1 Å². The molecule has 0 saturated carbocycles. The van der Waals surface area contributed by atoms with E-state index in [-0.39, 0.29) is 19.1 Å². The Labute approximate surface area is 93.0 Å². The molecule has 0 aliphatic carbocycles. The number of hydrogen-bond acceptors (Lipinski definition) is 3. The molecule has 1 aromatic carbocycles. The van der Waals surface area contributed by atoms with Crippen molar-refractivity contribution in [3.8, 4) is 5.75 Å². The first-order valence-electron chi connectivity index (χ1n) is 4.76. The van der Waals surface area contributed by atoms with Crippen molar-refractivity contribution in [2.75, 3.05) is 6.73 Å². The molecule has 0 unspecified atom stereocenters. The number of amides is 1. The molecule has 0 fully saturated rings. The van der Waals surface area contributed by atoms with E-state index in [9.17, 15) is 9.59 Å². The number of ether oxygens (including phenoxy) is 1. The van der Waals surface area contributed by atoms with Gasteiger partial charge in [-0.25, -0.2) is 0 Å². The maximum Gasteiger partial charge on any atom is 0.307 e. The smallest absolute Gasteiger partial charge is 0.307 e. The van der Waals surface area contributed by atoms with E-state index in [2.05, 4.69) is 5.32 Å². The number of rotatable bonds is 5. The van der Waals surface area contributed by atoms with Gasteiger partial charge in [0, 0.05) is 6.92 Å². The van der Waals surface area contributed by atoms with Crippen molar-refractivity contribution in [3.05, 3.63) is 29.8 Å². The number of carboxylic acid groups (broad SMARTS) is 1. The number of aliphatic carboxylic acids is 1. The third-order valence-corrected chi connectivity index (χ3v) is 1.84. The number of carbonyl (C=O) groups is 2. The standard InChI is InChI=1S/C11H13NO4/c1-8(13)12-7-16-10-4-2-9(3-5-10)6-11(14)15/h2-5H,6-7H2,1H3,(H,12,13)(H,14,15). The molecule has 0 spiro atoms. The Morgan fingerprint density at radius 1 is 1.31 bits per heavy atom. The molecule has 16 heavy (non-hydrogen) atoms. The molecular weight excluding hydrogens is 210 g/mol. The highest BCUT2D eigenvalue weighted by Crippen LogP contribution is 2.12. The van der Waals surface area contributed by atoms with Gasteiger partial charge in [-0.1, -0.05) is 12.1 Å². The molecule has 1 amide bonds. The molecule has 0 heterocycles. The third-order valence-electron chi connectivity index (χ3n) is 1.84. The van der Waals surface area contributed by atoms with E-state index in [1.165, 1.54) is 6.92 Å². The highest BCUT2D eigenvalue weighted by Gasteiger charge is 2.00. The summed E-state index contributed by atoms with van der Waals surface area (Å²) in [6.45, 7) is 1.51. The first-order chi connectivity index (χ1) is 7.58. The van der Waals surface area contributed by atoms with Crippen molar-refractivity contribution in [1.82, 2.24) is 5.32 Å². The van der Waals surface area contributed by atoms with Crippen LogP contribution in [0.5, 0.6) is 5.75 Å². The van der Waals surface area contributed by atoms with Crippen molar-refractivity contribution in [1.29, 1.82) is 0 Å². The van der Waals surface area contributed by atoms with Gasteiger partial charge in [-0.15, -0.1) is 0 Å². The van der Waals surface area contributed by atoms with Gasteiger partial charge in [0.1, 0.15) is 5.75 Å². The number of carbonyl (C=O) groups excluding carboxylic acids is 1. The van der Waals surface area contributed by atoms with Gasteiger partial charge in [0.25, 0.3) is 0 Å². The summed E-state index contributed by atoms with van der Waals surface area (Å²) in [5.41, 5.74) is 0.708. The fourth-order valence-corrected chi connectivity index (χ4v) is 1.10. The van der Waals surface area contributed by atoms with Crippen LogP contribution in [0, 0.1) is 0 Å². The van der Waals surface area contributed by atoms with Gasteiger partial charge in [0.05, 0.1) is 6.42 Å². The average Bonchev–Trinajstić information content (AvgIpc) is 2.19. The Hall–Kier alpha value is -2.04. The van der Waals surface area contributed by atoms with Crippen LogP contribution in [0.15, 0.2) is 24.3 Å². The molecule has 0 atom stereocenters. The molecule has 0 aromatic heterocycles. The monoisotopic (exact) mass is 223 g/mol. The van der Waals surface area contributed by atoms with Gasteiger partial charge in [-0.3, -0.25) is 9.59 Å². The molecule has 86 valence electrons. The molecule has 0 radical (unpaired) electrons. The zero-order valence-electron chi connectivity index (χ0n) is 8.90. The second-order valence-electron chi connectivity index (χ2n) is 3.24. The third kappa shape index (κ3) is 4.45. The minimum Gasteiger partial charge on any atom is -0.481 e. The zero-order chi connectivity index (χ0) is 12.0. The molecule has 1 rings (SSSR count). The number of benzene rings is 1. The molecule has 0 aliphatic heterocycles. The molecule has 0 aliphatic rings. The summed E-state index contributed by atoms with van der Waals surface area (Å²) in [7, 11) is 0. The van der Waals surface area contributed by atoms with Gasteiger partial charge in [-0.05, 0) is 17.7 Å². The first kappa shape index (κ1) is 12.0. The second-order valence-corrected chi connectivity index (χ2v) is 3.24. The Bertz CT molecular complexity index is 372. The fraction of sp³-hybridized carbons (Fsp3) is 0.273. The summed E-state index contributed by atoms with van der Waals surface area (Å²) in [5, 5.41) is 11.0. The van der Waals surface area contributed by atoms with E-state index in [0.717, 1.165) is 0 Å². The molecule has 2 N–H and O–H groups in total. The van der Waals surface area contributed by atoms with Crippen molar-refractivity contribution >= 4 is 11.9 Å². The number of nitrogens with one attached hydrogen (secondary N) is 1. The van der Waals surface area contributed by atoms with E-state index in [4.69, 9.17) is 9.84 Å². The van der Waals surface area contributed by atoms with Gasteiger partial charge in [0.15, 0.2) is 6.73 Å². The van der Waals surface area contributed by atoms with Crippen LogP contribution in [-0.4, -0.2) is 23.7 Å². The molecule has 0 bridgehead atoms. The van der Waals surface area contributed by atoms with Crippen LogP contribution >= 0.6 is 0 Å². The summed E-state index contributed by atoms with van der Waals surface area (Å²) >= 11 is 0. The topological polar surface area (TPSA) is 75.6 Å². The molecule has 5 heteroatoms. The van der Waals surface area contributed by atoms with Crippen molar-refractivity contribution in [2.45, 2.75) is 13.3 Å². The van der Waals surface area contributed by atoms with Crippen LogP contribution in [-0.2, 0) is 16.0 Å². The minimum absolute atomic E-state index is 0.00796. The predicted molar refractivity (Wildman–Crippen MR) is 57.1 cm³/mol. The van der Waals surface area contributed by atoms with E-state index in [1.807, 2.05) is 0 Å². The normalized spacial score (nSPS) is 9.56. The highest BCUT2D eigenvalue weighted by molar-refractivity contribution is 5.72. The van der Waals surface area contributed by atoms with Crippen LogP contribution in [0.3, 0.4) is 0 Å². The Kier molecular flexibility index (Phi) is 4.32. The van der Waals surface area contributed by atoms with E-state index in [0.29, 0.717) is 11.3 Å². The Morgan fingerprint density at radius 3 is 2.44 bits per heavy atom. The van der Waals surface area contributed by atoms with Gasteiger partial charge < -0.3 is 15.2 Å². The minimum atomic E-state index is -0.869. The lowest BCUT2D eigenvalue weighted by Gasteiger charge is -2.06. The Morgan fingerprint density at radius 2 is 1.94 bits per heavy atom. The average molecular weight is 223 g/mol. The summed E-state index contributed by atoms with van der Waals surface area (Å²) in [4.78, 5) is 21.0. The largest absolute Gasteiger partial charge is 0.481 e. The lowest BCUT2D eigenvalue weighted by molar-refractivity contribution is -0.136. The maximum atomic E-state index is 10.6. The van der Waals surface area contributed by atoms with Crippen molar-refractivity contribution in [3.63, 3.8) is 0 Å². The van der Waals surface area contributed by atoms with Crippen LogP contribution in [0.2, 0.25) is 0 Å². The van der Waals surface area contributed by atoms with Gasteiger partial charge in [-0.2, -0.15) is 0 Å². The van der Waals surface area contributed by atoms with Crippen molar-refractivity contribution in [2.24, 2.45) is 0 Å². The lowest BCUT2D eigenvalue weighted by atomic mass is 10.1. The summed E-state index contributed by atoms with van der Waals surface area (Å²) in [5.74, 6) is -0.447. The molecule has 1 aromatic rings. The quantitative estimate of drug-likeness (QED) is 0.723. The number of hydrogen-bond donors (Lipinski definition) is 2. The van der Waals surface area contributed by atoms with Gasteiger partial charge in [0.2, 0.25) is 5.91 Å².